The van der Waals surface area contributed by atoms with Crippen molar-refractivity contribution in [1.29, 1.82) is 0 Å². The van der Waals surface area contributed by atoms with Crippen LogP contribution in [0, 0.1) is 0 Å². The summed E-state index contributed by atoms with van der Waals surface area (Å²) < 4.78 is 5.18. The number of rotatable bonds is 5. The van der Waals surface area contributed by atoms with Crippen LogP contribution in [-0.4, -0.2) is 24.8 Å². The van der Waals surface area contributed by atoms with Gasteiger partial charge in [0, 0.05) is 27.8 Å². The van der Waals surface area contributed by atoms with E-state index in [9.17, 15) is 9.90 Å². The zero-order valence-corrected chi connectivity index (χ0v) is 13.9. The van der Waals surface area contributed by atoms with Gasteiger partial charge in [0.25, 0.3) is 0 Å². The molecule has 0 fully saturated rings. The SMILES string of the molecule is COc1ccccc1[C@H](O)CNC(=O)Nc1cc(Cl)cc(Cl)c1. The van der Waals surface area contributed by atoms with Crippen molar-refractivity contribution in [3.63, 3.8) is 0 Å². The molecule has 0 aromatic heterocycles. The molecular formula is C16H16Cl2N2O3. The van der Waals surface area contributed by atoms with Gasteiger partial charge < -0.3 is 20.5 Å². The predicted molar refractivity (Wildman–Crippen MR) is 91.4 cm³/mol. The van der Waals surface area contributed by atoms with Crippen LogP contribution in [0.4, 0.5) is 10.5 Å². The van der Waals surface area contributed by atoms with Crippen LogP contribution in [-0.2, 0) is 0 Å². The van der Waals surface area contributed by atoms with Gasteiger partial charge in [-0.05, 0) is 24.3 Å². The van der Waals surface area contributed by atoms with Gasteiger partial charge in [-0.2, -0.15) is 0 Å². The van der Waals surface area contributed by atoms with E-state index >= 15 is 0 Å². The molecule has 23 heavy (non-hydrogen) atoms. The van der Waals surface area contributed by atoms with Crippen LogP contribution in [0.5, 0.6) is 5.75 Å². The van der Waals surface area contributed by atoms with Crippen molar-refractivity contribution in [3.05, 3.63) is 58.1 Å². The number of amides is 2. The van der Waals surface area contributed by atoms with Crippen LogP contribution in [0.2, 0.25) is 10.0 Å². The lowest BCUT2D eigenvalue weighted by atomic mass is 10.1. The number of hydrogen-bond donors (Lipinski definition) is 3. The zero-order chi connectivity index (χ0) is 16.8. The minimum atomic E-state index is -0.889. The number of halogens is 2. The second-order valence-corrected chi connectivity index (χ2v) is 5.62. The summed E-state index contributed by atoms with van der Waals surface area (Å²) in [5.74, 6) is 0.559. The van der Waals surface area contributed by atoms with Gasteiger partial charge in [-0.15, -0.1) is 0 Å². The quantitative estimate of drug-likeness (QED) is 0.763. The number of anilines is 1. The predicted octanol–water partition coefficient (Wildman–Crippen LogP) is 3.86. The van der Waals surface area contributed by atoms with Crippen LogP contribution in [0.3, 0.4) is 0 Å². The van der Waals surface area contributed by atoms with Crippen LogP contribution in [0.15, 0.2) is 42.5 Å². The number of urea groups is 1. The molecule has 7 heteroatoms. The molecule has 0 spiro atoms. The van der Waals surface area contributed by atoms with Gasteiger partial charge in [-0.3, -0.25) is 0 Å². The molecule has 2 rings (SSSR count). The molecule has 1 atom stereocenters. The number of aliphatic hydroxyl groups is 1. The fourth-order valence-corrected chi connectivity index (χ4v) is 2.57. The standard InChI is InChI=1S/C16H16Cl2N2O3/c1-23-15-5-3-2-4-13(15)14(21)9-19-16(22)20-12-7-10(17)6-11(18)8-12/h2-8,14,21H,9H2,1H3,(H2,19,20,22)/t14-/m1/s1. The Bertz CT molecular complexity index is 675. The maximum absolute atomic E-state index is 11.9. The molecule has 2 amide bonds. The Morgan fingerprint density at radius 2 is 1.87 bits per heavy atom. The number of benzene rings is 2. The Morgan fingerprint density at radius 1 is 1.22 bits per heavy atom. The molecule has 0 aliphatic carbocycles. The van der Waals surface area contributed by atoms with Crippen molar-refractivity contribution < 1.29 is 14.6 Å². The van der Waals surface area contributed by atoms with Gasteiger partial charge in [0.2, 0.25) is 0 Å². The summed E-state index contributed by atoms with van der Waals surface area (Å²) >= 11 is 11.7. The number of aliphatic hydroxyl groups excluding tert-OH is 1. The van der Waals surface area contributed by atoms with E-state index in [0.29, 0.717) is 27.0 Å². The Labute approximate surface area is 144 Å². The average Bonchev–Trinajstić information content (AvgIpc) is 2.51. The lowest BCUT2D eigenvalue weighted by molar-refractivity contribution is 0.171. The van der Waals surface area contributed by atoms with E-state index < -0.39 is 12.1 Å². The van der Waals surface area contributed by atoms with Crippen LogP contribution in [0.1, 0.15) is 11.7 Å². The summed E-state index contributed by atoms with van der Waals surface area (Å²) in [6.07, 6.45) is -0.889. The molecule has 3 N–H and O–H groups in total. The van der Waals surface area contributed by atoms with Crippen LogP contribution in [0.25, 0.3) is 0 Å². The number of carbonyl (C=O) groups excluding carboxylic acids is 1. The molecule has 0 unspecified atom stereocenters. The lowest BCUT2D eigenvalue weighted by Crippen LogP contribution is -2.32. The number of hydrogen-bond acceptors (Lipinski definition) is 3. The molecule has 0 saturated carbocycles. The van der Waals surface area contributed by atoms with Gasteiger partial charge in [-0.25, -0.2) is 4.79 Å². The number of carbonyl (C=O) groups is 1. The maximum atomic E-state index is 11.9. The van der Waals surface area contributed by atoms with Gasteiger partial charge in [0.1, 0.15) is 5.75 Å². The number of para-hydroxylation sites is 1. The third-order valence-electron chi connectivity index (χ3n) is 3.07. The van der Waals surface area contributed by atoms with Crippen molar-refractivity contribution in [2.75, 3.05) is 19.0 Å². The Morgan fingerprint density at radius 3 is 2.52 bits per heavy atom. The fraction of sp³-hybridized carbons (Fsp3) is 0.188. The molecule has 0 saturated heterocycles. The number of ether oxygens (including phenoxy) is 1. The second-order valence-electron chi connectivity index (χ2n) is 4.75. The minimum absolute atomic E-state index is 0.0283. The molecule has 0 heterocycles. The zero-order valence-electron chi connectivity index (χ0n) is 12.3. The van der Waals surface area contributed by atoms with Crippen molar-refractivity contribution in [3.8, 4) is 5.75 Å². The molecular weight excluding hydrogens is 339 g/mol. The smallest absolute Gasteiger partial charge is 0.319 e. The van der Waals surface area contributed by atoms with Crippen molar-refractivity contribution >= 4 is 34.9 Å². The monoisotopic (exact) mass is 354 g/mol. The summed E-state index contributed by atoms with van der Waals surface area (Å²) in [7, 11) is 1.52. The Kier molecular flexibility index (Phi) is 6.10. The summed E-state index contributed by atoms with van der Waals surface area (Å²) in [5.41, 5.74) is 1.06. The van der Waals surface area contributed by atoms with Crippen LogP contribution >= 0.6 is 23.2 Å². The first-order valence-corrected chi connectivity index (χ1v) is 7.57. The summed E-state index contributed by atoms with van der Waals surface area (Å²) in [6, 6.07) is 11.3. The largest absolute Gasteiger partial charge is 0.496 e. The highest BCUT2D eigenvalue weighted by Gasteiger charge is 2.14. The van der Waals surface area contributed by atoms with Crippen molar-refractivity contribution in [2.45, 2.75) is 6.10 Å². The van der Waals surface area contributed by atoms with E-state index in [0.717, 1.165) is 0 Å². The third-order valence-corrected chi connectivity index (χ3v) is 3.51. The van der Waals surface area contributed by atoms with Gasteiger partial charge in [0.15, 0.2) is 0 Å². The molecule has 5 nitrogen and oxygen atoms in total. The van der Waals surface area contributed by atoms with Gasteiger partial charge in [-0.1, -0.05) is 41.4 Å². The number of nitrogens with one attached hydrogen (secondary N) is 2. The van der Waals surface area contributed by atoms with E-state index in [-0.39, 0.29) is 6.54 Å². The van der Waals surface area contributed by atoms with Crippen LogP contribution < -0.4 is 15.4 Å². The van der Waals surface area contributed by atoms with Crippen molar-refractivity contribution in [2.24, 2.45) is 0 Å². The average molecular weight is 355 g/mol. The highest BCUT2D eigenvalue weighted by molar-refractivity contribution is 6.35. The fourth-order valence-electron chi connectivity index (χ4n) is 2.04. The van der Waals surface area contributed by atoms with E-state index in [1.807, 2.05) is 0 Å². The lowest BCUT2D eigenvalue weighted by Gasteiger charge is -2.15. The molecule has 122 valence electrons. The minimum Gasteiger partial charge on any atom is -0.496 e. The van der Waals surface area contributed by atoms with E-state index in [1.54, 1.807) is 42.5 Å². The van der Waals surface area contributed by atoms with Gasteiger partial charge >= 0.3 is 6.03 Å². The van der Waals surface area contributed by atoms with E-state index in [4.69, 9.17) is 27.9 Å². The first-order chi connectivity index (χ1) is 11.0. The summed E-state index contributed by atoms with van der Waals surface area (Å²) in [4.78, 5) is 11.9. The maximum Gasteiger partial charge on any atom is 0.319 e. The van der Waals surface area contributed by atoms with E-state index in [1.165, 1.54) is 7.11 Å². The Hall–Kier alpha value is -1.95. The first kappa shape index (κ1) is 17.4. The second kappa shape index (κ2) is 8.06. The number of methoxy groups -OCH3 is 1. The normalized spacial score (nSPS) is 11.7. The molecule has 2 aromatic carbocycles. The van der Waals surface area contributed by atoms with E-state index in [2.05, 4.69) is 10.6 Å². The first-order valence-electron chi connectivity index (χ1n) is 6.81. The van der Waals surface area contributed by atoms with Gasteiger partial charge in [0.05, 0.1) is 13.2 Å². The van der Waals surface area contributed by atoms with Crippen molar-refractivity contribution in [1.82, 2.24) is 5.32 Å². The highest BCUT2D eigenvalue weighted by Crippen LogP contribution is 2.24. The molecule has 0 aliphatic rings. The molecule has 2 aromatic rings. The summed E-state index contributed by atoms with van der Waals surface area (Å²) in [5, 5.41) is 16.2. The summed E-state index contributed by atoms with van der Waals surface area (Å²) in [6.45, 7) is 0.0283. The molecule has 0 radical (unpaired) electrons. The third kappa shape index (κ3) is 5.03. The molecule has 0 bridgehead atoms. The highest BCUT2D eigenvalue weighted by atomic mass is 35.5. The molecule has 0 aliphatic heterocycles. The topological polar surface area (TPSA) is 70.6 Å². The Balaban J connectivity index is 1.93.